The Morgan fingerprint density at radius 2 is 2.33 bits per heavy atom. The second-order valence-electron chi connectivity index (χ2n) is 4.50. The molecule has 0 radical (unpaired) electrons. The highest BCUT2D eigenvalue weighted by Gasteiger charge is 2.26. The van der Waals surface area contributed by atoms with E-state index in [1.54, 1.807) is 0 Å². The molecule has 0 aliphatic carbocycles. The first-order valence-electron chi connectivity index (χ1n) is 5.82. The summed E-state index contributed by atoms with van der Waals surface area (Å²) in [5.41, 5.74) is 1.44. The molecule has 82 valence electrons. The van der Waals surface area contributed by atoms with E-state index in [0.29, 0.717) is 5.92 Å². The number of nitrogens with one attached hydrogen (secondary N) is 1. The molecule has 1 aromatic heterocycles. The zero-order valence-corrected chi connectivity index (χ0v) is 10.4. The van der Waals surface area contributed by atoms with Gasteiger partial charge in [0.1, 0.15) is 10.4 Å². The van der Waals surface area contributed by atoms with Gasteiger partial charge in [0, 0.05) is 25.4 Å². The minimum absolute atomic E-state index is 0.665. The first-order chi connectivity index (χ1) is 7.36. The van der Waals surface area contributed by atoms with Crippen LogP contribution in [0, 0.1) is 0 Å². The number of nitrogens with zero attached hydrogens (tertiary/aromatic N) is 2. The minimum atomic E-state index is 0.665. The van der Waals surface area contributed by atoms with E-state index in [1.807, 2.05) is 0 Å². The summed E-state index contributed by atoms with van der Waals surface area (Å²) in [7, 11) is 0. The molecule has 1 atom stereocenters. The Labute approximate surface area is 98.4 Å². The molecule has 4 heteroatoms. The monoisotopic (exact) mass is 269 g/mol. The van der Waals surface area contributed by atoms with Crippen LogP contribution in [0.25, 0.3) is 0 Å². The van der Waals surface area contributed by atoms with E-state index in [9.17, 15) is 0 Å². The molecule has 1 unspecified atom stereocenters. The Hall–Kier alpha value is -0.350. The van der Waals surface area contributed by atoms with E-state index < -0.39 is 0 Å². The molecule has 3 rings (SSSR count). The quantitative estimate of drug-likeness (QED) is 0.846. The molecule has 2 aliphatic rings. The zero-order valence-electron chi connectivity index (χ0n) is 8.80. The lowest BCUT2D eigenvalue weighted by Crippen LogP contribution is -2.16. The maximum absolute atomic E-state index is 4.65. The molecule has 15 heavy (non-hydrogen) atoms. The first-order valence-corrected chi connectivity index (χ1v) is 6.61. The highest BCUT2D eigenvalue weighted by atomic mass is 79.9. The molecule has 0 aromatic carbocycles. The van der Waals surface area contributed by atoms with Crippen molar-refractivity contribution in [2.75, 3.05) is 13.1 Å². The van der Waals surface area contributed by atoms with Crippen LogP contribution in [0.1, 0.15) is 36.7 Å². The van der Waals surface area contributed by atoms with Gasteiger partial charge in [0.05, 0.1) is 5.69 Å². The molecule has 3 nitrogen and oxygen atoms in total. The summed E-state index contributed by atoms with van der Waals surface area (Å²) in [5, 5.41) is 3.43. The van der Waals surface area contributed by atoms with E-state index in [-0.39, 0.29) is 0 Å². The Kier molecular flexibility index (Phi) is 2.56. The predicted octanol–water partition coefficient (Wildman–Crippen LogP) is 2.06. The van der Waals surface area contributed by atoms with Crippen LogP contribution in [0.5, 0.6) is 0 Å². The van der Waals surface area contributed by atoms with E-state index in [4.69, 9.17) is 0 Å². The fraction of sp³-hybridized carbons (Fsp3) is 0.727. The van der Waals surface area contributed by atoms with Crippen molar-refractivity contribution in [3.05, 3.63) is 16.1 Å². The normalized spacial score (nSPS) is 25.5. The second kappa shape index (κ2) is 3.91. The molecule has 0 saturated carbocycles. The number of aromatic nitrogens is 2. The Morgan fingerprint density at radius 1 is 1.40 bits per heavy atom. The molecular weight excluding hydrogens is 254 g/mol. The zero-order chi connectivity index (χ0) is 10.3. The van der Waals surface area contributed by atoms with Gasteiger partial charge in [0.2, 0.25) is 0 Å². The number of halogens is 1. The van der Waals surface area contributed by atoms with Crippen molar-refractivity contribution in [1.29, 1.82) is 0 Å². The molecular formula is C11H16BrN3. The fourth-order valence-corrected chi connectivity index (χ4v) is 3.49. The average Bonchev–Trinajstić information content (AvgIpc) is 2.82. The van der Waals surface area contributed by atoms with Gasteiger partial charge in [-0.05, 0) is 41.7 Å². The smallest absolute Gasteiger partial charge is 0.127 e. The van der Waals surface area contributed by atoms with Crippen molar-refractivity contribution in [2.45, 2.75) is 38.1 Å². The SMILES string of the molecule is Brc1nc2n(c1C1CCNC1)CCCC2. The van der Waals surface area contributed by atoms with Gasteiger partial charge >= 0.3 is 0 Å². The molecule has 3 heterocycles. The van der Waals surface area contributed by atoms with Gasteiger partial charge in [0.15, 0.2) is 0 Å². The number of fused-ring (bicyclic) bond motifs is 1. The largest absolute Gasteiger partial charge is 0.331 e. The van der Waals surface area contributed by atoms with Crippen LogP contribution in [-0.2, 0) is 13.0 Å². The van der Waals surface area contributed by atoms with Crippen molar-refractivity contribution in [3.8, 4) is 0 Å². The number of aryl methyl sites for hydroxylation is 1. The highest BCUT2D eigenvalue weighted by Crippen LogP contribution is 2.32. The van der Waals surface area contributed by atoms with Crippen LogP contribution in [0.3, 0.4) is 0 Å². The van der Waals surface area contributed by atoms with Gasteiger partial charge in [0.25, 0.3) is 0 Å². The third-order valence-electron chi connectivity index (χ3n) is 3.52. The van der Waals surface area contributed by atoms with Crippen LogP contribution in [0.4, 0.5) is 0 Å². The van der Waals surface area contributed by atoms with Gasteiger partial charge in [-0.15, -0.1) is 0 Å². The molecule has 1 saturated heterocycles. The number of hydrogen-bond acceptors (Lipinski definition) is 2. The van der Waals surface area contributed by atoms with Crippen molar-refractivity contribution < 1.29 is 0 Å². The molecule has 1 fully saturated rings. The van der Waals surface area contributed by atoms with E-state index in [2.05, 4.69) is 30.8 Å². The molecule has 1 aromatic rings. The van der Waals surface area contributed by atoms with Crippen LogP contribution in [0.15, 0.2) is 4.60 Å². The lowest BCUT2D eigenvalue weighted by atomic mass is 10.0. The number of imidazole rings is 1. The standard InChI is InChI=1S/C11H16BrN3/c12-11-10(8-4-5-13-7-8)15-6-2-1-3-9(15)14-11/h8,13H,1-7H2. The van der Waals surface area contributed by atoms with Crippen molar-refractivity contribution in [2.24, 2.45) is 0 Å². The van der Waals surface area contributed by atoms with Crippen molar-refractivity contribution >= 4 is 15.9 Å². The maximum Gasteiger partial charge on any atom is 0.127 e. The summed E-state index contributed by atoms with van der Waals surface area (Å²) in [6.07, 6.45) is 5.01. The lowest BCUT2D eigenvalue weighted by molar-refractivity contribution is 0.495. The van der Waals surface area contributed by atoms with Crippen molar-refractivity contribution in [3.63, 3.8) is 0 Å². The third kappa shape index (κ3) is 1.64. The lowest BCUT2D eigenvalue weighted by Gasteiger charge is -2.19. The molecule has 2 aliphatic heterocycles. The van der Waals surface area contributed by atoms with Crippen molar-refractivity contribution in [1.82, 2.24) is 14.9 Å². The number of hydrogen-bond donors (Lipinski definition) is 1. The van der Waals surface area contributed by atoms with Crippen LogP contribution in [0.2, 0.25) is 0 Å². The molecule has 1 N–H and O–H groups in total. The minimum Gasteiger partial charge on any atom is -0.331 e. The molecule has 0 spiro atoms. The maximum atomic E-state index is 4.65. The number of rotatable bonds is 1. The van der Waals surface area contributed by atoms with Gasteiger partial charge < -0.3 is 9.88 Å². The van der Waals surface area contributed by atoms with Crippen LogP contribution >= 0.6 is 15.9 Å². The Morgan fingerprint density at radius 3 is 3.13 bits per heavy atom. The topological polar surface area (TPSA) is 29.9 Å². The van der Waals surface area contributed by atoms with E-state index >= 15 is 0 Å². The van der Waals surface area contributed by atoms with Gasteiger partial charge in [-0.2, -0.15) is 0 Å². The van der Waals surface area contributed by atoms with E-state index in [0.717, 1.165) is 24.1 Å². The Bertz CT molecular complexity index is 366. The van der Waals surface area contributed by atoms with Gasteiger partial charge in [-0.3, -0.25) is 0 Å². The third-order valence-corrected chi connectivity index (χ3v) is 4.10. The van der Waals surface area contributed by atoms with E-state index in [1.165, 1.54) is 37.3 Å². The average molecular weight is 270 g/mol. The molecule has 0 amide bonds. The summed E-state index contributed by atoms with van der Waals surface area (Å²) < 4.78 is 3.54. The predicted molar refractivity (Wildman–Crippen MR) is 63.1 cm³/mol. The molecule has 0 bridgehead atoms. The summed E-state index contributed by atoms with van der Waals surface area (Å²) in [5.74, 6) is 1.95. The summed E-state index contributed by atoms with van der Waals surface area (Å²) in [6.45, 7) is 3.43. The van der Waals surface area contributed by atoms with Gasteiger partial charge in [-0.1, -0.05) is 0 Å². The summed E-state index contributed by atoms with van der Waals surface area (Å²) in [4.78, 5) is 4.65. The van der Waals surface area contributed by atoms with Crippen LogP contribution in [-0.4, -0.2) is 22.6 Å². The van der Waals surface area contributed by atoms with Gasteiger partial charge in [-0.25, -0.2) is 4.98 Å². The highest BCUT2D eigenvalue weighted by molar-refractivity contribution is 9.10. The first kappa shape index (κ1) is 9.85. The Balaban J connectivity index is 2.01. The summed E-state index contributed by atoms with van der Waals surface area (Å²) in [6, 6.07) is 0. The fourth-order valence-electron chi connectivity index (χ4n) is 2.75. The van der Waals surface area contributed by atoms with Crippen LogP contribution < -0.4 is 5.32 Å². The second-order valence-corrected chi connectivity index (χ2v) is 5.25. The summed E-state index contributed by atoms with van der Waals surface area (Å²) >= 11 is 3.63.